The van der Waals surface area contributed by atoms with Crippen LogP contribution >= 0.6 is 11.3 Å². The Labute approximate surface area is 137 Å². The summed E-state index contributed by atoms with van der Waals surface area (Å²) in [6, 6.07) is 0. The van der Waals surface area contributed by atoms with Crippen molar-refractivity contribution in [1.29, 1.82) is 0 Å². The van der Waals surface area contributed by atoms with Gasteiger partial charge in [0.15, 0.2) is 5.96 Å². The van der Waals surface area contributed by atoms with Crippen LogP contribution < -0.4 is 5.32 Å². The van der Waals surface area contributed by atoms with E-state index in [1.807, 2.05) is 7.05 Å². The maximum atomic E-state index is 5.44. The Hall–Kier alpha value is -1.14. The third-order valence-corrected chi connectivity index (χ3v) is 4.92. The first kappa shape index (κ1) is 17.2. The summed E-state index contributed by atoms with van der Waals surface area (Å²) in [5.41, 5.74) is 1.14. The van der Waals surface area contributed by atoms with E-state index in [0.717, 1.165) is 63.6 Å². The Morgan fingerprint density at radius 2 is 2.41 bits per heavy atom. The number of aryl methyl sites for hydroxylation is 2. The number of rotatable bonds is 7. The molecule has 0 aromatic carbocycles. The minimum Gasteiger partial charge on any atom is -0.381 e. The molecule has 0 bridgehead atoms. The number of nitrogens with zero attached hydrogens (tertiary/aromatic N) is 3. The van der Waals surface area contributed by atoms with Crippen LogP contribution in [0.4, 0.5) is 0 Å². The fourth-order valence-electron chi connectivity index (χ4n) is 2.70. The first-order valence-corrected chi connectivity index (χ1v) is 8.97. The molecule has 1 aromatic heterocycles. The summed E-state index contributed by atoms with van der Waals surface area (Å²) in [4.78, 5) is 11.1. The molecule has 0 spiro atoms. The van der Waals surface area contributed by atoms with Crippen molar-refractivity contribution in [2.75, 3.05) is 40.4 Å². The van der Waals surface area contributed by atoms with E-state index in [1.54, 1.807) is 11.3 Å². The van der Waals surface area contributed by atoms with E-state index < -0.39 is 0 Å². The molecule has 1 aliphatic heterocycles. The summed E-state index contributed by atoms with van der Waals surface area (Å²) in [7, 11) is 3.95. The lowest BCUT2D eigenvalue weighted by atomic mass is 10.1. The van der Waals surface area contributed by atoms with E-state index in [1.165, 1.54) is 5.01 Å². The third-order valence-electron chi connectivity index (χ3n) is 3.90. The van der Waals surface area contributed by atoms with Crippen molar-refractivity contribution in [3.8, 4) is 0 Å². The first-order chi connectivity index (χ1) is 10.7. The molecule has 6 heteroatoms. The molecule has 1 N–H and O–H groups in total. The van der Waals surface area contributed by atoms with Gasteiger partial charge in [0.1, 0.15) is 0 Å². The zero-order valence-electron chi connectivity index (χ0n) is 14.0. The first-order valence-electron chi connectivity index (χ1n) is 8.09. The second-order valence-electron chi connectivity index (χ2n) is 5.92. The molecule has 22 heavy (non-hydrogen) atoms. The Balaban J connectivity index is 1.61. The molecule has 2 heterocycles. The lowest BCUT2D eigenvalue weighted by molar-refractivity contribution is 0.181. The number of hydrogen-bond acceptors (Lipinski definition) is 4. The Kier molecular flexibility index (Phi) is 7.12. The molecule has 1 saturated heterocycles. The maximum Gasteiger partial charge on any atom is 0.193 e. The SMILES string of the molecule is CN=C(NCCCCc1nc(C)cs1)N(C)CC1CCOC1. The van der Waals surface area contributed by atoms with Crippen LogP contribution in [0.2, 0.25) is 0 Å². The van der Waals surface area contributed by atoms with Crippen molar-refractivity contribution < 1.29 is 4.74 Å². The van der Waals surface area contributed by atoms with Crippen LogP contribution in [0.15, 0.2) is 10.4 Å². The molecule has 1 aromatic rings. The lowest BCUT2D eigenvalue weighted by Gasteiger charge is -2.24. The summed E-state index contributed by atoms with van der Waals surface area (Å²) >= 11 is 1.77. The standard InChI is InChI=1S/C16H28N4OS/c1-13-12-22-15(19-13)6-4-5-8-18-16(17-2)20(3)10-14-7-9-21-11-14/h12,14H,4-11H2,1-3H3,(H,17,18). The molecule has 1 aliphatic rings. The zero-order chi connectivity index (χ0) is 15.8. The maximum absolute atomic E-state index is 5.44. The number of aliphatic imine (C=N–C) groups is 1. The molecule has 5 nitrogen and oxygen atoms in total. The molecular weight excluding hydrogens is 296 g/mol. The van der Waals surface area contributed by atoms with Crippen LogP contribution in [0.3, 0.4) is 0 Å². The number of thiazole rings is 1. The van der Waals surface area contributed by atoms with Crippen molar-refractivity contribution >= 4 is 17.3 Å². The Morgan fingerprint density at radius 3 is 3.05 bits per heavy atom. The van der Waals surface area contributed by atoms with Crippen molar-refractivity contribution in [1.82, 2.24) is 15.2 Å². The van der Waals surface area contributed by atoms with Gasteiger partial charge < -0.3 is 15.0 Å². The highest BCUT2D eigenvalue weighted by atomic mass is 32.1. The van der Waals surface area contributed by atoms with Gasteiger partial charge in [0.25, 0.3) is 0 Å². The number of unbranched alkanes of at least 4 members (excludes halogenated alkanes) is 1. The van der Waals surface area contributed by atoms with Gasteiger partial charge in [0.2, 0.25) is 0 Å². The van der Waals surface area contributed by atoms with Crippen LogP contribution in [-0.4, -0.2) is 56.2 Å². The van der Waals surface area contributed by atoms with E-state index in [4.69, 9.17) is 4.74 Å². The second kappa shape index (κ2) is 9.10. The van der Waals surface area contributed by atoms with Crippen LogP contribution in [0.5, 0.6) is 0 Å². The van der Waals surface area contributed by atoms with Gasteiger partial charge >= 0.3 is 0 Å². The average molecular weight is 324 g/mol. The number of ether oxygens (including phenoxy) is 1. The van der Waals surface area contributed by atoms with Crippen LogP contribution in [0.25, 0.3) is 0 Å². The molecule has 0 saturated carbocycles. The van der Waals surface area contributed by atoms with E-state index in [2.05, 4.69) is 39.5 Å². The van der Waals surface area contributed by atoms with E-state index in [9.17, 15) is 0 Å². The van der Waals surface area contributed by atoms with Crippen LogP contribution in [0.1, 0.15) is 30.0 Å². The minimum absolute atomic E-state index is 0.636. The summed E-state index contributed by atoms with van der Waals surface area (Å²) in [6.45, 7) is 5.81. The van der Waals surface area contributed by atoms with Crippen LogP contribution in [-0.2, 0) is 11.2 Å². The fourth-order valence-corrected chi connectivity index (χ4v) is 3.52. The normalized spacial score (nSPS) is 18.7. The van der Waals surface area contributed by atoms with Gasteiger partial charge in [-0.2, -0.15) is 0 Å². The molecule has 0 radical (unpaired) electrons. The molecule has 0 aliphatic carbocycles. The van der Waals surface area contributed by atoms with Gasteiger partial charge in [-0.1, -0.05) is 0 Å². The second-order valence-corrected chi connectivity index (χ2v) is 6.87. The number of aromatic nitrogens is 1. The van der Waals surface area contributed by atoms with E-state index in [0.29, 0.717) is 5.92 Å². The third kappa shape index (κ3) is 5.57. The quantitative estimate of drug-likeness (QED) is 0.475. The summed E-state index contributed by atoms with van der Waals surface area (Å²) in [5.74, 6) is 1.62. The van der Waals surface area contributed by atoms with Gasteiger partial charge in [0, 0.05) is 50.8 Å². The molecule has 2 rings (SSSR count). The number of guanidine groups is 1. The zero-order valence-corrected chi connectivity index (χ0v) is 14.8. The largest absolute Gasteiger partial charge is 0.381 e. The molecule has 1 atom stereocenters. The Bertz CT molecular complexity index is 468. The predicted molar refractivity (Wildman–Crippen MR) is 92.7 cm³/mol. The summed E-state index contributed by atoms with van der Waals surface area (Å²) in [5, 5.41) is 6.83. The van der Waals surface area contributed by atoms with Crippen molar-refractivity contribution in [3.05, 3.63) is 16.1 Å². The van der Waals surface area contributed by atoms with Gasteiger partial charge in [-0.25, -0.2) is 4.98 Å². The van der Waals surface area contributed by atoms with Gasteiger partial charge in [-0.15, -0.1) is 11.3 Å². The van der Waals surface area contributed by atoms with Crippen molar-refractivity contribution in [2.24, 2.45) is 10.9 Å². The lowest BCUT2D eigenvalue weighted by Crippen LogP contribution is -2.41. The molecule has 0 amide bonds. The molecular formula is C16H28N4OS. The van der Waals surface area contributed by atoms with Gasteiger partial charge in [0.05, 0.1) is 11.6 Å². The fraction of sp³-hybridized carbons (Fsp3) is 0.750. The highest BCUT2D eigenvalue weighted by Gasteiger charge is 2.18. The minimum atomic E-state index is 0.636. The molecule has 1 unspecified atom stereocenters. The number of hydrogen-bond donors (Lipinski definition) is 1. The molecule has 1 fully saturated rings. The predicted octanol–water partition coefficient (Wildman–Crippen LogP) is 2.32. The van der Waals surface area contributed by atoms with E-state index in [-0.39, 0.29) is 0 Å². The Morgan fingerprint density at radius 1 is 1.55 bits per heavy atom. The average Bonchev–Trinajstić information content (AvgIpc) is 3.14. The monoisotopic (exact) mass is 324 g/mol. The van der Waals surface area contributed by atoms with Gasteiger partial charge in [-0.3, -0.25) is 4.99 Å². The molecule has 124 valence electrons. The summed E-state index contributed by atoms with van der Waals surface area (Å²) < 4.78 is 5.44. The number of nitrogens with one attached hydrogen (secondary N) is 1. The van der Waals surface area contributed by atoms with E-state index >= 15 is 0 Å². The van der Waals surface area contributed by atoms with Crippen LogP contribution in [0, 0.1) is 12.8 Å². The van der Waals surface area contributed by atoms with Crippen molar-refractivity contribution in [2.45, 2.75) is 32.6 Å². The highest BCUT2D eigenvalue weighted by Crippen LogP contribution is 2.13. The smallest absolute Gasteiger partial charge is 0.193 e. The summed E-state index contributed by atoms with van der Waals surface area (Å²) in [6.07, 6.45) is 4.54. The van der Waals surface area contributed by atoms with Crippen molar-refractivity contribution in [3.63, 3.8) is 0 Å². The topological polar surface area (TPSA) is 49.8 Å². The van der Waals surface area contributed by atoms with Gasteiger partial charge in [-0.05, 0) is 32.6 Å². The highest BCUT2D eigenvalue weighted by molar-refractivity contribution is 7.09.